The number of ether oxygens (including phenoxy) is 4. The molecule has 1 aliphatic heterocycles. The molecule has 2 aromatic carbocycles. The maximum absolute atomic E-state index is 14.2. The van der Waals surface area contributed by atoms with Gasteiger partial charge in [0.15, 0.2) is 29.7 Å². The molecule has 4 rings (SSSR count). The van der Waals surface area contributed by atoms with E-state index in [4.69, 9.17) is 29.9 Å². The Labute approximate surface area is 153 Å². The van der Waals surface area contributed by atoms with Crippen LogP contribution in [0.4, 0.5) is 10.1 Å². The fourth-order valence-electron chi connectivity index (χ4n) is 2.79. The lowest BCUT2D eigenvalue weighted by atomic mass is 10.1. The lowest BCUT2D eigenvalue weighted by Gasteiger charge is -2.23. The quantitative estimate of drug-likeness (QED) is 0.705. The summed E-state index contributed by atoms with van der Waals surface area (Å²) in [4.78, 5) is 4.30. The predicted molar refractivity (Wildman–Crippen MR) is 94.7 cm³/mol. The van der Waals surface area contributed by atoms with Crippen molar-refractivity contribution in [3.8, 4) is 34.8 Å². The highest BCUT2D eigenvalue weighted by atomic mass is 19.1. The van der Waals surface area contributed by atoms with E-state index in [0.717, 1.165) is 0 Å². The molecule has 0 amide bonds. The summed E-state index contributed by atoms with van der Waals surface area (Å²) in [5, 5.41) is 9.29. The SMILES string of the molecule is N#CCOc1cc2nccc(Oc3ccc(N)cc3F)c2c2c1OCCO2. The third kappa shape index (κ3) is 3.11. The van der Waals surface area contributed by atoms with Gasteiger partial charge in [-0.3, -0.25) is 4.98 Å². The lowest BCUT2D eigenvalue weighted by molar-refractivity contribution is 0.166. The summed E-state index contributed by atoms with van der Waals surface area (Å²) in [5.74, 6) is 0.872. The van der Waals surface area contributed by atoms with E-state index in [1.54, 1.807) is 18.2 Å². The number of halogens is 1. The standard InChI is InChI=1S/C19H14FN3O4/c20-12-9-11(22)1-2-14(12)27-15-3-5-23-13-10-16(24-6-4-21)18-19(17(13)15)26-8-7-25-18/h1-3,5,9-10H,6-8,22H2. The molecule has 8 heteroatoms. The van der Waals surface area contributed by atoms with Gasteiger partial charge in [0.1, 0.15) is 25.0 Å². The first-order valence-electron chi connectivity index (χ1n) is 8.11. The first-order chi connectivity index (χ1) is 13.2. The van der Waals surface area contributed by atoms with Gasteiger partial charge < -0.3 is 24.7 Å². The normalized spacial score (nSPS) is 12.4. The molecule has 0 saturated heterocycles. The summed E-state index contributed by atoms with van der Waals surface area (Å²) < 4.78 is 36.8. The van der Waals surface area contributed by atoms with E-state index in [1.165, 1.54) is 18.3 Å². The molecule has 27 heavy (non-hydrogen) atoms. The fraction of sp³-hybridized carbons (Fsp3) is 0.158. The molecule has 136 valence electrons. The molecule has 0 bridgehead atoms. The highest BCUT2D eigenvalue weighted by Crippen LogP contribution is 2.48. The second-order valence-corrected chi connectivity index (χ2v) is 5.67. The largest absolute Gasteiger partial charge is 0.485 e. The molecule has 7 nitrogen and oxygen atoms in total. The van der Waals surface area contributed by atoms with Gasteiger partial charge in [-0.1, -0.05) is 0 Å². The zero-order valence-electron chi connectivity index (χ0n) is 14.1. The zero-order chi connectivity index (χ0) is 18.8. The molecule has 0 aliphatic carbocycles. The van der Waals surface area contributed by atoms with Crippen LogP contribution >= 0.6 is 0 Å². The highest BCUT2D eigenvalue weighted by Gasteiger charge is 2.24. The van der Waals surface area contributed by atoms with Crippen molar-refractivity contribution in [1.82, 2.24) is 4.98 Å². The second-order valence-electron chi connectivity index (χ2n) is 5.67. The van der Waals surface area contributed by atoms with Crippen LogP contribution in [0.1, 0.15) is 0 Å². The van der Waals surface area contributed by atoms with Crippen molar-refractivity contribution in [3.63, 3.8) is 0 Å². The molecule has 0 atom stereocenters. The minimum absolute atomic E-state index is 0.0204. The summed E-state index contributed by atoms with van der Waals surface area (Å²) in [5.41, 5.74) is 6.38. The second kappa shape index (κ2) is 6.88. The molecule has 0 saturated carbocycles. The Bertz CT molecular complexity index is 1060. The number of nitrogens with zero attached hydrogens (tertiary/aromatic N) is 2. The lowest BCUT2D eigenvalue weighted by Crippen LogP contribution is -2.17. The van der Waals surface area contributed by atoms with Gasteiger partial charge in [0.25, 0.3) is 0 Å². The van der Waals surface area contributed by atoms with Crippen molar-refractivity contribution in [3.05, 3.63) is 42.3 Å². The van der Waals surface area contributed by atoms with E-state index in [9.17, 15) is 4.39 Å². The number of nitrogens with two attached hydrogens (primary N) is 1. The zero-order valence-corrected chi connectivity index (χ0v) is 14.1. The average Bonchev–Trinajstić information content (AvgIpc) is 2.68. The summed E-state index contributed by atoms with van der Waals surface area (Å²) in [6.07, 6.45) is 1.52. The first kappa shape index (κ1) is 16.7. The van der Waals surface area contributed by atoms with Gasteiger partial charge in [0, 0.05) is 24.0 Å². The number of rotatable bonds is 4. The Morgan fingerprint density at radius 1 is 1.11 bits per heavy atom. The van der Waals surface area contributed by atoms with Crippen LogP contribution in [0.2, 0.25) is 0 Å². The number of nitriles is 1. The van der Waals surface area contributed by atoms with Crippen molar-refractivity contribution in [2.24, 2.45) is 0 Å². The molecule has 0 fully saturated rings. The molecule has 2 heterocycles. The number of nitrogen functional groups attached to an aromatic ring is 1. The maximum Gasteiger partial charge on any atom is 0.204 e. The van der Waals surface area contributed by atoms with Gasteiger partial charge in [0.05, 0.1) is 10.9 Å². The van der Waals surface area contributed by atoms with E-state index >= 15 is 0 Å². The Hall–Kier alpha value is -3.73. The Balaban J connectivity index is 1.86. The van der Waals surface area contributed by atoms with Gasteiger partial charge in [-0.25, -0.2) is 4.39 Å². The van der Waals surface area contributed by atoms with E-state index in [-0.39, 0.29) is 12.4 Å². The molecule has 0 unspecified atom stereocenters. The van der Waals surface area contributed by atoms with Crippen LogP contribution in [-0.2, 0) is 0 Å². The summed E-state index contributed by atoms with van der Waals surface area (Å²) in [7, 11) is 0. The van der Waals surface area contributed by atoms with Gasteiger partial charge in [0.2, 0.25) is 5.75 Å². The monoisotopic (exact) mass is 367 g/mol. The summed E-state index contributed by atoms with van der Waals surface area (Å²) >= 11 is 0. The number of hydrogen-bond acceptors (Lipinski definition) is 7. The molecule has 1 aromatic heterocycles. The molecule has 0 spiro atoms. The van der Waals surface area contributed by atoms with Crippen LogP contribution in [0, 0.1) is 17.1 Å². The number of fused-ring (bicyclic) bond motifs is 3. The van der Waals surface area contributed by atoms with Crippen LogP contribution in [0.25, 0.3) is 10.9 Å². The Kier molecular flexibility index (Phi) is 4.26. The Morgan fingerprint density at radius 3 is 2.70 bits per heavy atom. The van der Waals surface area contributed by atoms with E-state index in [0.29, 0.717) is 52.8 Å². The van der Waals surface area contributed by atoms with Crippen LogP contribution < -0.4 is 24.7 Å². The van der Waals surface area contributed by atoms with Crippen LogP contribution in [0.3, 0.4) is 0 Å². The van der Waals surface area contributed by atoms with E-state index < -0.39 is 5.82 Å². The molecular weight excluding hydrogens is 353 g/mol. The van der Waals surface area contributed by atoms with Crippen molar-refractivity contribution >= 4 is 16.6 Å². The minimum Gasteiger partial charge on any atom is -0.485 e. The van der Waals surface area contributed by atoms with Crippen LogP contribution in [-0.4, -0.2) is 24.8 Å². The smallest absolute Gasteiger partial charge is 0.204 e. The topological polar surface area (TPSA) is 99.6 Å². The molecule has 2 N–H and O–H groups in total. The van der Waals surface area contributed by atoms with E-state index in [1.807, 2.05) is 6.07 Å². The molecule has 1 aliphatic rings. The number of pyridine rings is 1. The summed E-state index contributed by atoms with van der Waals surface area (Å²) in [6.45, 7) is 0.521. The Morgan fingerprint density at radius 2 is 1.93 bits per heavy atom. The van der Waals surface area contributed by atoms with Crippen molar-refractivity contribution in [1.29, 1.82) is 5.26 Å². The molecule has 3 aromatic rings. The van der Waals surface area contributed by atoms with Gasteiger partial charge in [-0.05, 0) is 18.2 Å². The average molecular weight is 367 g/mol. The van der Waals surface area contributed by atoms with E-state index in [2.05, 4.69) is 4.98 Å². The van der Waals surface area contributed by atoms with Crippen LogP contribution in [0.15, 0.2) is 36.5 Å². The summed E-state index contributed by atoms with van der Waals surface area (Å²) in [6, 6.07) is 9.32. The highest BCUT2D eigenvalue weighted by molar-refractivity contribution is 5.95. The van der Waals surface area contributed by atoms with Gasteiger partial charge in [-0.2, -0.15) is 5.26 Å². The number of hydrogen-bond donors (Lipinski definition) is 1. The number of anilines is 1. The fourth-order valence-corrected chi connectivity index (χ4v) is 2.79. The maximum atomic E-state index is 14.2. The third-order valence-corrected chi connectivity index (χ3v) is 3.91. The van der Waals surface area contributed by atoms with Crippen molar-refractivity contribution in [2.75, 3.05) is 25.6 Å². The minimum atomic E-state index is -0.583. The number of benzene rings is 2. The van der Waals surface area contributed by atoms with Gasteiger partial charge in [-0.15, -0.1) is 0 Å². The first-order valence-corrected chi connectivity index (χ1v) is 8.11. The predicted octanol–water partition coefficient (Wildman–Crippen LogP) is 3.42. The number of aromatic nitrogens is 1. The van der Waals surface area contributed by atoms with Crippen molar-refractivity contribution in [2.45, 2.75) is 0 Å². The third-order valence-electron chi connectivity index (χ3n) is 3.91. The molecular formula is C19H14FN3O4. The van der Waals surface area contributed by atoms with Gasteiger partial charge >= 0.3 is 0 Å². The van der Waals surface area contributed by atoms with Crippen molar-refractivity contribution < 1.29 is 23.3 Å². The molecule has 0 radical (unpaired) electrons. The van der Waals surface area contributed by atoms with Crippen LogP contribution in [0.5, 0.6) is 28.7 Å².